The Hall–Kier alpha value is -2.94. The van der Waals surface area contributed by atoms with Gasteiger partial charge in [0, 0.05) is 7.05 Å². The fraction of sp³-hybridized carbons (Fsp3) is 0.400. The molecule has 3 heterocycles. The normalized spacial score (nSPS) is 30.2. The van der Waals surface area contributed by atoms with Crippen molar-refractivity contribution in [3.05, 3.63) is 65.2 Å². The van der Waals surface area contributed by atoms with E-state index < -0.39 is 41.5 Å². The van der Waals surface area contributed by atoms with Gasteiger partial charge in [0.25, 0.3) is 0 Å². The van der Waals surface area contributed by atoms with E-state index in [0.717, 1.165) is 0 Å². The van der Waals surface area contributed by atoms with E-state index in [1.54, 1.807) is 36.4 Å². The molecule has 2 bridgehead atoms. The van der Waals surface area contributed by atoms with Crippen LogP contribution in [0.5, 0.6) is 0 Å². The third-order valence-electron chi connectivity index (χ3n) is 7.36. The fourth-order valence-electron chi connectivity index (χ4n) is 5.99. The molecular weight excluding hydrogens is 458 g/mol. The van der Waals surface area contributed by atoms with Crippen LogP contribution < -0.4 is 10.6 Å². The Labute approximate surface area is 202 Å². The Kier molecular flexibility index (Phi) is 5.83. The van der Waals surface area contributed by atoms with Gasteiger partial charge in [-0.25, -0.2) is 0 Å². The number of carbonyl (C=O) groups is 3. The number of aliphatic hydroxyl groups excluding tert-OH is 1. The SMILES string of the molecule is CNC(=O)[C@@H]1[C@H]2C(=O)N([C@H](CO)c3ccccc3)C(C(=O)Nc3ccccc3Cl)C23CC[C@H]1O3. The molecule has 2 unspecified atom stereocenters. The number of para-hydroxylation sites is 1. The Morgan fingerprint density at radius 3 is 2.56 bits per heavy atom. The van der Waals surface area contributed by atoms with Gasteiger partial charge in [-0.3, -0.25) is 14.4 Å². The number of nitrogens with one attached hydrogen (secondary N) is 2. The van der Waals surface area contributed by atoms with Crippen molar-refractivity contribution in [3.63, 3.8) is 0 Å². The number of carbonyl (C=O) groups excluding carboxylic acids is 3. The molecule has 0 aliphatic carbocycles. The van der Waals surface area contributed by atoms with Crippen molar-refractivity contribution in [2.75, 3.05) is 19.0 Å². The van der Waals surface area contributed by atoms with Gasteiger partial charge in [-0.15, -0.1) is 0 Å². The maximum atomic E-state index is 14.0. The lowest BCUT2D eigenvalue weighted by molar-refractivity contribution is -0.144. The summed E-state index contributed by atoms with van der Waals surface area (Å²) in [5.41, 5.74) is -0.0553. The van der Waals surface area contributed by atoms with Crippen LogP contribution in [0.1, 0.15) is 24.4 Å². The van der Waals surface area contributed by atoms with Crippen LogP contribution >= 0.6 is 11.6 Å². The maximum absolute atomic E-state index is 14.0. The summed E-state index contributed by atoms with van der Waals surface area (Å²) >= 11 is 6.28. The van der Waals surface area contributed by atoms with Crippen molar-refractivity contribution in [1.29, 1.82) is 0 Å². The minimum atomic E-state index is -1.16. The van der Waals surface area contributed by atoms with Gasteiger partial charge in [0.1, 0.15) is 11.6 Å². The van der Waals surface area contributed by atoms with Crippen molar-refractivity contribution >= 4 is 35.0 Å². The molecule has 2 aromatic carbocycles. The molecule has 34 heavy (non-hydrogen) atoms. The zero-order valence-corrected chi connectivity index (χ0v) is 19.4. The first-order valence-electron chi connectivity index (χ1n) is 11.4. The van der Waals surface area contributed by atoms with Crippen LogP contribution in [-0.4, -0.2) is 59.1 Å². The largest absolute Gasteiger partial charge is 0.394 e. The predicted molar refractivity (Wildman–Crippen MR) is 125 cm³/mol. The first-order chi connectivity index (χ1) is 16.4. The maximum Gasteiger partial charge on any atom is 0.250 e. The zero-order valence-electron chi connectivity index (χ0n) is 18.6. The summed E-state index contributed by atoms with van der Waals surface area (Å²) in [7, 11) is 1.53. The van der Waals surface area contributed by atoms with Gasteiger partial charge in [-0.05, 0) is 30.5 Å². The van der Waals surface area contributed by atoms with Crippen molar-refractivity contribution in [3.8, 4) is 0 Å². The Balaban J connectivity index is 1.60. The van der Waals surface area contributed by atoms with Crippen molar-refractivity contribution in [2.24, 2.45) is 11.8 Å². The van der Waals surface area contributed by atoms with E-state index in [4.69, 9.17) is 16.3 Å². The molecular formula is C25H26ClN3O5. The number of hydrogen-bond acceptors (Lipinski definition) is 5. The highest BCUT2D eigenvalue weighted by atomic mass is 35.5. The predicted octanol–water partition coefficient (Wildman–Crippen LogP) is 2.13. The molecule has 3 fully saturated rings. The molecule has 2 aromatic rings. The first-order valence-corrected chi connectivity index (χ1v) is 11.7. The average molecular weight is 484 g/mol. The quantitative estimate of drug-likeness (QED) is 0.583. The number of halogens is 1. The molecule has 9 heteroatoms. The van der Waals surface area contributed by atoms with Crippen LogP contribution in [-0.2, 0) is 19.1 Å². The second-order valence-corrected chi connectivity index (χ2v) is 9.40. The number of ether oxygens (including phenoxy) is 1. The lowest BCUT2D eigenvalue weighted by Crippen LogP contribution is -2.54. The summed E-state index contributed by atoms with van der Waals surface area (Å²) in [5.74, 6) is -2.61. The van der Waals surface area contributed by atoms with E-state index in [0.29, 0.717) is 29.1 Å². The minimum Gasteiger partial charge on any atom is -0.394 e. The van der Waals surface area contributed by atoms with Gasteiger partial charge in [-0.1, -0.05) is 54.1 Å². The molecule has 1 spiro atoms. The van der Waals surface area contributed by atoms with Crippen LogP contribution in [0.15, 0.2) is 54.6 Å². The standard InChI is InChI=1S/C25H26ClN3O5/c1-27-22(31)19-18-11-12-25(34-18)20(19)24(33)29(17(13-30)14-7-3-2-4-8-14)21(25)23(32)28-16-10-6-5-9-15(16)26/h2-10,17-21,30H,11-13H2,1H3,(H,27,31)(H,28,32)/t17-,18-,19+,20+,21?,25?/m1/s1. The van der Waals surface area contributed by atoms with Gasteiger partial charge in [0.2, 0.25) is 17.7 Å². The van der Waals surface area contributed by atoms with Crippen molar-refractivity contribution < 1.29 is 24.2 Å². The Morgan fingerprint density at radius 1 is 1.18 bits per heavy atom. The van der Waals surface area contributed by atoms with Crippen molar-refractivity contribution in [1.82, 2.24) is 10.2 Å². The van der Waals surface area contributed by atoms with Gasteiger partial charge in [-0.2, -0.15) is 0 Å². The second-order valence-electron chi connectivity index (χ2n) is 8.99. The Bertz CT molecular complexity index is 1130. The highest BCUT2D eigenvalue weighted by Crippen LogP contribution is 2.59. The summed E-state index contributed by atoms with van der Waals surface area (Å²) in [4.78, 5) is 42.0. The number of likely N-dealkylation sites (tertiary alicyclic amines) is 1. The summed E-state index contributed by atoms with van der Waals surface area (Å²) < 4.78 is 6.35. The van der Waals surface area contributed by atoms with Crippen molar-refractivity contribution in [2.45, 2.75) is 36.6 Å². The molecule has 3 aliphatic rings. The lowest BCUT2D eigenvalue weighted by atomic mass is 9.70. The van der Waals surface area contributed by atoms with E-state index in [1.165, 1.54) is 11.9 Å². The fourth-order valence-corrected chi connectivity index (χ4v) is 6.17. The molecule has 6 atom stereocenters. The van der Waals surface area contributed by atoms with E-state index in [1.807, 2.05) is 18.2 Å². The number of aliphatic hydroxyl groups is 1. The lowest BCUT2D eigenvalue weighted by Gasteiger charge is -2.36. The molecule has 0 radical (unpaired) electrons. The molecule has 0 saturated carbocycles. The van der Waals surface area contributed by atoms with Crippen LogP contribution in [0.2, 0.25) is 5.02 Å². The van der Waals surface area contributed by atoms with Crippen LogP contribution in [0.25, 0.3) is 0 Å². The molecule has 3 aliphatic heterocycles. The highest BCUT2D eigenvalue weighted by Gasteiger charge is 2.75. The number of hydrogen-bond donors (Lipinski definition) is 3. The Morgan fingerprint density at radius 2 is 1.88 bits per heavy atom. The van der Waals surface area contributed by atoms with Crippen LogP contribution in [0, 0.1) is 11.8 Å². The molecule has 8 nitrogen and oxygen atoms in total. The summed E-state index contributed by atoms with van der Waals surface area (Å²) in [6, 6.07) is 14.1. The highest BCUT2D eigenvalue weighted by molar-refractivity contribution is 6.33. The number of nitrogens with zero attached hydrogens (tertiary/aromatic N) is 1. The number of amides is 3. The average Bonchev–Trinajstić information content (AvgIpc) is 3.49. The van der Waals surface area contributed by atoms with Crippen LogP contribution in [0.4, 0.5) is 5.69 Å². The number of benzene rings is 2. The molecule has 5 rings (SSSR count). The molecule has 178 valence electrons. The number of fused-ring (bicyclic) bond motifs is 1. The minimum absolute atomic E-state index is 0.280. The summed E-state index contributed by atoms with van der Waals surface area (Å²) in [5, 5.41) is 16.2. The molecule has 3 saturated heterocycles. The summed E-state index contributed by atoms with van der Waals surface area (Å²) in [6.45, 7) is -0.386. The van der Waals surface area contributed by atoms with E-state index in [2.05, 4.69) is 10.6 Å². The van der Waals surface area contributed by atoms with Gasteiger partial charge in [0.15, 0.2) is 0 Å². The smallest absolute Gasteiger partial charge is 0.250 e. The number of rotatable bonds is 6. The zero-order chi connectivity index (χ0) is 24.0. The first kappa shape index (κ1) is 22.8. The van der Waals surface area contributed by atoms with Crippen LogP contribution in [0.3, 0.4) is 0 Å². The van der Waals surface area contributed by atoms with Gasteiger partial charge < -0.3 is 25.4 Å². The van der Waals surface area contributed by atoms with E-state index in [9.17, 15) is 19.5 Å². The topological polar surface area (TPSA) is 108 Å². The monoisotopic (exact) mass is 483 g/mol. The molecule has 3 N–H and O–H groups in total. The molecule has 3 amide bonds. The molecule has 0 aromatic heterocycles. The number of anilines is 1. The summed E-state index contributed by atoms with van der Waals surface area (Å²) in [6.07, 6.45) is 0.600. The second kappa shape index (κ2) is 8.69. The van der Waals surface area contributed by atoms with E-state index in [-0.39, 0.29) is 18.4 Å². The van der Waals surface area contributed by atoms with Gasteiger partial charge in [0.05, 0.1) is 41.3 Å². The third kappa shape index (κ3) is 3.32. The third-order valence-corrected chi connectivity index (χ3v) is 7.69. The van der Waals surface area contributed by atoms with E-state index >= 15 is 0 Å². The van der Waals surface area contributed by atoms with Gasteiger partial charge >= 0.3 is 0 Å².